The zero-order chi connectivity index (χ0) is 27.2. The van der Waals surface area contributed by atoms with Crippen LogP contribution < -0.4 is 20.6 Å². The molecule has 0 bridgehead atoms. The van der Waals surface area contributed by atoms with Crippen LogP contribution in [0.5, 0.6) is 5.75 Å². The second-order valence-electron chi connectivity index (χ2n) is 9.08. The van der Waals surface area contributed by atoms with Crippen LogP contribution in [0.4, 0.5) is 5.69 Å². The summed E-state index contributed by atoms with van der Waals surface area (Å²) in [6.07, 6.45) is 0.111. The molecule has 2 heterocycles. The van der Waals surface area contributed by atoms with E-state index in [9.17, 15) is 14.4 Å². The van der Waals surface area contributed by atoms with Gasteiger partial charge in [0.1, 0.15) is 5.75 Å². The molecule has 9 nitrogen and oxygen atoms in total. The van der Waals surface area contributed by atoms with Crippen LogP contribution in [-0.4, -0.2) is 65.4 Å². The molecule has 1 aliphatic heterocycles. The lowest BCUT2D eigenvalue weighted by Gasteiger charge is -2.36. The van der Waals surface area contributed by atoms with Crippen LogP contribution in [0.15, 0.2) is 88.8 Å². The summed E-state index contributed by atoms with van der Waals surface area (Å²) in [6, 6.07) is 24.1. The average molecular weight is 544 g/mol. The van der Waals surface area contributed by atoms with Crippen molar-refractivity contribution in [2.45, 2.75) is 11.6 Å². The third-order valence-corrected chi connectivity index (χ3v) is 7.50. The molecule has 0 saturated carbocycles. The number of amides is 2. The van der Waals surface area contributed by atoms with E-state index >= 15 is 0 Å². The Bertz CT molecular complexity index is 1530. The van der Waals surface area contributed by atoms with Gasteiger partial charge in [-0.3, -0.25) is 19.8 Å². The van der Waals surface area contributed by atoms with Crippen molar-refractivity contribution < 1.29 is 14.3 Å². The summed E-state index contributed by atoms with van der Waals surface area (Å²) >= 11 is 1.14. The molecular weight excluding hydrogens is 514 g/mol. The molecule has 0 radical (unpaired) electrons. The fourth-order valence-corrected chi connectivity index (χ4v) is 5.41. The largest absolute Gasteiger partial charge is 0.495 e. The van der Waals surface area contributed by atoms with Gasteiger partial charge in [0.05, 0.1) is 35.9 Å². The second-order valence-corrected chi connectivity index (χ2v) is 10.0. The number of rotatable bonds is 8. The van der Waals surface area contributed by atoms with Crippen molar-refractivity contribution in [2.75, 3.05) is 49.4 Å². The maximum absolute atomic E-state index is 13.3. The molecule has 1 saturated heterocycles. The summed E-state index contributed by atoms with van der Waals surface area (Å²) in [5.74, 6) is 0.501. The van der Waals surface area contributed by atoms with Crippen LogP contribution in [0, 0.1) is 0 Å². The molecule has 4 aromatic rings. The van der Waals surface area contributed by atoms with Gasteiger partial charge in [0.25, 0.3) is 5.56 Å². The summed E-state index contributed by atoms with van der Waals surface area (Å²) in [6.45, 7) is 2.52. The molecule has 1 aliphatic rings. The molecule has 1 fully saturated rings. The van der Waals surface area contributed by atoms with Gasteiger partial charge in [0.15, 0.2) is 5.16 Å². The van der Waals surface area contributed by atoms with Crippen LogP contribution in [0.2, 0.25) is 0 Å². The highest BCUT2D eigenvalue weighted by Crippen LogP contribution is 2.28. The van der Waals surface area contributed by atoms with Gasteiger partial charge in [-0.15, -0.1) is 0 Å². The van der Waals surface area contributed by atoms with Crippen LogP contribution in [0.25, 0.3) is 10.9 Å². The smallest absolute Gasteiger partial charge is 0.281 e. The Morgan fingerprint density at radius 1 is 0.923 bits per heavy atom. The van der Waals surface area contributed by atoms with E-state index in [-0.39, 0.29) is 34.7 Å². The summed E-state index contributed by atoms with van der Waals surface area (Å²) in [4.78, 5) is 47.8. The van der Waals surface area contributed by atoms with Crippen molar-refractivity contribution in [2.24, 2.45) is 0 Å². The number of aromatic nitrogens is 2. The SMILES string of the molecule is COc1ccccc1N1CCN(C(=O)CSc2nc3ccccc3c(=O)n2NC(=O)Cc2ccccc2)CC1. The van der Waals surface area contributed by atoms with E-state index in [1.807, 2.05) is 59.5 Å². The summed E-state index contributed by atoms with van der Waals surface area (Å²) in [5, 5.41) is 0.654. The number of benzene rings is 3. The van der Waals surface area contributed by atoms with Crippen molar-refractivity contribution in [1.82, 2.24) is 14.6 Å². The highest BCUT2D eigenvalue weighted by molar-refractivity contribution is 7.99. The van der Waals surface area contributed by atoms with E-state index in [1.165, 1.54) is 0 Å². The monoisotopic (exact) mass is 543 g/mol. The normalized spacial score (nSPS) is 13.4. The highest BCUT2D eigenvalue weighted by Gasteiger charge is 2.24. The quantitative estimate of drug-likeness (QED) is 0.269. The molecule has 2 amide bonds. The summed E-state index contributed by atoms with van der Waals surface area (Å²) in [7, 11) is 1.65. The Labute approximate surface area is 230 Å². The minimum absolute atomic E-state index is 0.0516. The molecule has 0 spiro atoms. The number of anilines is 1. The Morgan fingerprint density at radius 2 is 1.62 bits per heavy atom. The van der Waals surface area contributed by atoms with E-state index in [1.54, 1.807) is 31.4 Å². The number of thioether (sulfide) groups is 1. The Hall–Kier alpha value is -4.31. The minimum atomic E-state index is -0.387. The molecule has 5 rings (SSSR count). The van der Waals surface area contributed by atoms with E-state index in [0.29, 0.717) is 37.1 Å². The number of fused-ring (bicyclic) bond motifs is 1. The van der Waals surface area contributed by atoms with Crippen molar-refractivity contribution in [3.05, 3.63) is 94.8 Å². The fourth-order valence-electron chi connectivity index (χ4n) is 4.56. The van der Waals surface area contributed by atoms with Gasteiger partial charge in [-0.2, -0.15) is 4.68 Å². The summed E-state index contributed by atoms with van der Waals surface area (Å²) in [5.41, 5.74) is 4.66. The lowest BCUT2D eigenvalue weighted by atomic mass is 10.1. The fraction of sp³-hybridized carbons (Fsp3) is 0.241. The molecule has 10 heteroatoms. The number of carbonyl (C=O) groups is 2. The number of methoxy groups -OCH3 is 1. The first-order chi connectivity index (χ1) is 19.0. The Morgan fingerprint density at radius 3 is 2.38 bits per heavy atom. The van der Waals surface area contributed by atoms with Gasteiger partial charge in [-0.1, -0.05) is 66.4 Å². The first-order valence-electron chi connectivity index (χ1n) is 12.7. The first-order valence-corrected chi connectivity index (χ1v) is 13.7. The van der Waals surface area contributed by atoms with Crippen LogP contribution in [-0.2, 0) is 16.0 Å². The van der Waals surface area contributed by atoms with Gasteiger partial charge in [0, 0.05) is 26.2 Å². The molecule has 1 aromatic heterocycles. The maximum Gasteiger partial charge on any atom is 0.281 e. The van der Waals surface area contributed by atoms with E-state index < -0.39 is 0 Å². The van der Waals surface area contributed by atoms with Gasteiger partial charge in [-0.05, 0) is 29.8 Å². The van der Waals surface area contributed by atoms with E-state index in [4.69, 9.17) is 4.74 Å². The lowest BCUT2D eigenvalue weighted by molar-refractivity contribution is -0.128. The molecule has 0 atom stereocenters. The first kappa shape index (κ1) is 26.3. The zero-order valence-electron chi connectivity index (χ0n) is 21.6. The number of hydrogen-bond donors (Lipinski definition) is 1. The number of nitrogens with zero attached hydrogens (tertiary/aromatic N) is 4. The van der Waals surface area contributed by atoms with Crippen molar-refractivity contribution in [3.63, 3.8) is 0 Å². The topological polar surface area (TPSA) is 96.8 Å². The molecular formula is C29H29N5O4S. The third-order valence-electron chi connectivity index (χ3n) is 6.57. The number of piperazine rings is 1. The number of para-hydroxylation sites is 3. The van der Waals surface area contributed by atoms with Crippen LogP contribution >= 0.6 is 11.8 Å². The second kappa shape index (κ2) is 12.0. The minimum Gasteiger partial charge on any atom is -0.495 e. The number of carbonyl (C=O) groups excluding carboxylic acids is 2. The molecule has 200 valence electrons. The van der Waals surface area contributed by atoms with Gasteiger partial charge in [-0.25, -0.2) is 4.98 Å². The number of ether oxygens (including phenoxy) is 1. The van der Waals surface area contributed by atoms with Gasteiger partial charge < -0.3 is 14.5 Å². The standard InChI is InChI=1S/C29H29N5O4S/c1-38-25-14-8-7-13-24(25)32-15-17-33(18-16-32)27(36)20-39-29-30-23-12-6-5-11-22(23)28(37)34(29)31-26(35)19-21-9-3-2-4-10-21/h2-14H,15-20H2,1H3,(H,31,35). The van der Waals surface area contributed by atoms with Crippen molar-refractivity contribution in [1.29, 1.82) is 0 Å². The maximum atomic E-state index is 13.3. The average Bonchev–Trinajstić information content (AvgIpc) is 2.98. The van der Waals surface area contributed by atoms with Crippen LogP contribution in [0.3, 0.4) is 0 Å². The summed E-state index contributed by atoms with van der Waals surface area (Å²) < 4.78 is 6.64. The predicted molar refractivity (Wildman–Crippen MR) is 153 cm³/mol. The Balaban J connectivity index is 1.28. The molecule has 39 heavy (non-hydrogen) atoms. The van der Waals surface area contributed by atoms with Crippen molar-refractivity contribution in [3.8, 4) is 5.75 Å². The molecule has 3 aromatic carbocycles. The zero-order valence-corrected chi connectivity index (χ0v) is 22.4. The third kappa shape index (κ3) is 6.06. The number of nitrogens with one attached hydrogen (secondary N) is 1. The predicted octanol–water partition coefficient (Wildman–Crippen LogP) is 3.16. The van der Waals surface area contributed by atoms with Crippen molar-refractivity contribution >= 4 is 40.2 Å². The Kier molecular flexibility index (Phi) is 8.12. The highest BCUT2D eigenvalue weighted by atomic mass is 32.2. The van der Waals surface area contributed by atoms with Crippen LogP contribution in [0.1, 0.15) is 5.56 Å². The number of hydrogen-bond acceptors (Lipinski definition) is 7. The molecule has 0 aliphatic carbocycles. The molecule has 1 N–H and O–H groups in total. The lowest BCUT2D eigenvalue weighted by Crippen LogP contribution is -2.49. The van der Waals surface area contributed by atoms with E-state index in [0.717, 1.165) is 33.4 Å². The van der Waals surface area contributed by atoms with E-state index in [2.05, 4.69) is 15.3 Å². The van der Waals surface area contributed by atoms with Gasteiger partial charge in [0.2, 0.25) is 11.8 Å². The van der Waals surface area contributed by atoms with Gasteiger partial charge >= 0.3 is 0 Å². The molecule has 0 unspecified atom stereocenters.